The number of carbonyl (C=O) groups is 1. The molecule has 9 heteroatoms. The maximum absolute atomic E-state index is 12.4. The summed E-state index contributed by atoms with van der Waals surface area (Å²) in [5, 5.41) is 9.33. The highest BCUT2D eigenvalue weighted by Crippen LogP contribution is 2.43. The Morgan fingerprint density at radius 1 is 0.800 bits per heavy atom. The molecule has 1 saturated carbocycles. The number of alkyl carbamates (subject to hydrolysis) is 1. The molecule has 254 valence electrons. The van der Waals surface area contributed by atoms with E-state index in [4.69, 9.17) is 24.8 Å². The highest BCUT2D eigenvalue weighted by molar-refractivity contribution is 9.10. The van der Waals surface area contributed by atoms with Gasteiger partial charge in [-0.3, -0.25) is 0 Å². The first-order valence-electron chi connectivity index (χ1n) is 17.2. The molecule has 0 aliphatic heterocycles. The zero-order valence-electron chi connectivity index (χ0n) is 28.6. The lowest BCUT2D eigenvalue weighted by Gasteiger charge is -2.36. The predicted octanol–water partition coefficient (Wildman–Crippen LogP) is 9.12. The topological polar surface area (TPSA) is 94.8 Å². The van der Waals surface area contributed by atoms with Gasteiger partial charge in [-0.05, 0) is 97.1 Å². The number of nitrogens with zero attached hydrogens (tertiary/aromatic N) is 5. The molecule has 7 rings (SSSR count). The number of rotatable bonds is 8. The molecule has 1 N–H and O–H groups in total. The predicted molar refractivity (Wildman–Crippen MR) is 200 cm³/mol. The van der Waals surface area contributed by atoms with Gasteiger partial charge in [0.1, 0.15) is 27.3 Å². The Bertz CT molecular complexity index is 1970. The Morgan fingerprint density at radius 2 is 1.38 bits per heavy atom. The molecule has 1 fully saturated rings. The first-order chi connectivity index (χ1) is 24.2. The monoisotopic (exact) mass is 728 g/mol. The average molecular weight is 730 g/mol. The van der Waals surface area contributed by atoms with E-state index < -0.39 is 11.1 Å². The van der Waals surface area contributed by atoms with Crippen LogP contribution >= 0.6 is 15.9 Å². The van der Waals surface area contributed by atoms with Gasteiger partial charge in [0.05, 0.1) is 11.1 Å². The summed E-state index contributed by atoms with van der Waals surface area (Å²) in [4.78, 5) is 27.5. The fourth-order valence-electron chi connectivity index (χ4n) is 7.15. The zero-order valence-corrected chi connectivity index (χ0v) is 30.2. The van der Waals surface area contributed by atoms with Crippen molar-refractivity contribution in [1.29, 1.82) is 0 Å². The van der Waals surface area contributed by atoms with Gasteiger partial charge in [-0.1, -0.05) is 97.1 Å². The lowest BCUT2D eigenvalue weighted by Crippen LogP contribution is -2.41. The average Bonchev–Trinajstić information content (AvgIpc) is 3.49. The molecule has 0 saturated heterocycles. The molecule has 3 heterocycles. The van der Waals surface area contributed by atoms with E-state index in [0.717, 1.165) is 75.9 Å². The smallest absolute Gasteiger partial charge is 0.407 e. The summed E-state index contributed by atoms with van der Waals surface area (Å²) in [5.74, 6) is 1.17. The molecule has 6 aromatic rings. The Labute approximate surface area is 301 Å². The van der Waals surface area contributed by atoms with Gasteiger partial charge >= 0.3 is 6.09 Å². The number of benzene rings is 3. The Balaban J connectivity index is 1.34. The molecule has 1 aliphatic carbocycles. The van der Waals surface area contributed by atoms with Crippen LogP contribution in [-0.2, 0) is 16.7 Å². The van der Waals surface area contributed by atoms with Gasteiger partial charge in [0, 0.05) is 18.7 Å². The minimum atomic E-state index is -0.858. The summed E-state index contributed by atoms with van der Waals surface area (Å²) in [6.45, 7) is 5.65. The van der Waals surface area contributed by atoms with Crippen molar-refractivity contribution in [2.24, 2.45) is 5.92 Å². The van der Waals surface area contributed by atoms with Crippen molar-refractivity contribution in [3.8, 4) is 11.4 Å². The van der Waals surface area contributed by atoms with E-state index in [1.165, 1.54) is 0 Å². The summed E-state index contributed by atoms with van der Waals surface area (Å²) in [7, 11) is 0. The fourth-order valence-corrected chi connectivity index (χ4v) is 7.49. The Hall–Kier alpha value is -4.89. The molecule has 0 spiro atoms. The number of nitrogens with one attached hydrogen (secondary N) is 1. The molecule has 3 aromatic carbocycles. The summed E-state index contributed by atoms with van der Waals surface area (Å²) in [6.07, 6.45) is 6.02. The van der Waals surface area contributed by atoms with Crippen LogP contribution in [0.4, 0.5) is 4.79 Å². The quantitative estimate of drug-likeness (QED) is 0.124. The molecule has 3 aromatic heterocycles. The number of amides is 1. The van der Waals surface area contributed by atoms with Crippen LogP contribution < -0.4 is 5.32 Å². The van der Waals surface area contributed by atoms with Crippen molar-refractivity contribution >= 4 is 33.1 Å². The minimum Gasteiger partial charge on any atom is -0.444 e. The number of ether oxygens (including phenoxy) is 1. The molecule has 0 radical (unpaired) electrons. The number of aromatic nitrogens is 5. The van der Waals surface area contributed by atoms with Gasteiger partial charge in [0.25, 0.3) is 0 Å². The molecule has 8 nitrogen and oxygen atoms in total. The summed E-state index contributed by atoms with van der Waals surface area (Å²) in [6, 6.07) is 37.5. The Kier molecular flexibility index (Phi) is 9.51. The lowest BCUT2D eigenvalue weighted by atomic mass is 9.77. The largest absolute Gasteiger partial charge is 0.444 e. The number of carbonyl (C=O) groups excluding carboxylic acids is 1. The molecule has 50 heavy (non-hydrogen) atoms. The Morgan fingerprint density at radius 3 is 1.92 bits per heavy atom. The second-order valence-electron chi connectivity index (χ2n) is 14.0. The standard InChI is InChI=1S/C41H41BrN6O2/c1-40(2,3)50-39(49)44-32-24-22-28(23-25-32)26-36-43-27-33-37(34-20-13-21-35(42)45-34)47-48(38(33)46-36)41(29-14-7-4-8-15-29,30-16-9-5-10-17-30)31-18-11-6-12-19-31/h4-21,27-28,32H,22-26H2,1-3H3,(H,44,49). The first kappa shape index (κ1) is 33.6. The van der Waals surface area contributed by atoms with Crippen molar-refractivity contribution < 1.29 is 9.53 Å². The van der Waals surface area contributed by atoms with Gasteiger partial charge in [0.2, 0.25) is 0 Å². The molecule has 0 atom stereocenters. The molecule has 0 unspecified atom stereocenters. The SMILES string of the molecule is CC(C)(C)OC(=O)NC1CCC(Cc2ncc3c(-c4cccc(Br)n4)nn(C(c4ccccc4)(c4ccccc4)c4ccccc4)c3n2)CC1. The van der Waals surface area contributed by atoms with E-state index in [1.54, 1.807) is 0 Å². The van der Waals surface area contributed by atoms with E-state index in [2.05, 4.69) is 98.7 Å². The van der Waals surface area contributed by atoms with Crippen LogP contribution in [0.1, 0.15) is 69.0 Å². The van der Waals surface area contributed by atoms with E-state index >= 15 is 0 Å². The van der Waals surface area contributed by atoms with E-state index in [1.807, 2.05) is 63.4 Å². The molecule has 1 amide bonds. The maximum atomic E-state index is 12.4. The zero-order chi connectivity index (χ0) is 34.7. The van der Waals surface area contributed by atoms with E-state index in [-0.39, 0.29) is 12.1 Å². The third-order valence-electron chi connectivity index (χ3n) is 9.36. The van der Waals surface area contributed by atoms with Crippen LogP contribution in [0.25, 0.3) is 22.4 Å². The number of fused-ring (bicyclic) bond motifs is 1. The van der Waals surface area contributed by atoms with Crippen LogP contribution in [0.15, 0.2) is 120 Å². The van der Waals surface area contributed by atoms with Gasteiger partial charge < -0.3 is 10.1 Å². The molecular formula is C41H41BrN6O2. The van der Waals surface area contributed by atoms with Gasteiger partial charge in [-0.2, -0.15) is 5.10 Å². The van der Waals surface area contributed by atoms with Crippen molar-refractivity contribution in [3.63, 3.8) is 0 Å². The lowest BCUT2D eigenvalue weighted by molar-refractivity contribution is 0.0487. The maximum Gasteiger partial charge on any atom is 0.407 e. The van der Waals surface area contributed by atoms with Gasteiger partial charge in [0.15, 0.2) is 5.65 Å². The van der Waals surface area contributed by atoms with Crippen molar-refractivity contribution in [2.45, 2.75) is 70.1 Å². The molecular weight excluding hydrogens is 688 g/mol. The summed E-state index contributed by atoms with van der Waals surface area (Å²) >= 11 is 3.57. The van der Waals surface area contributed by atoms with Gasteiger partial charge in [-0.25, -0.2) is 24.4 Å². The first-order valence-corrected chi connectivity index (χ1v) is 18.0. The molecule has 1 aliphatic rings. The third kappa shape index (κ3) is 6.92. The summed E-state index contributed by atoms with van der Waals surface area (Å²) in [5.41, 5.74) is 4.00. The minimum absolute atomic E-state index is 0.106. The van der Waals surface area contributed by atoms with E-state index in [0.29, 0.717) is 11.6 Å². The van der Waals surface area contributed by atoms with Crippen LogP contribution in [0.2, 0.25) is 0 Å². The van der Waals surface area contributed by atoms with Crippen molar-refractivity contribution in [2.75, 3.05) is 0 Å². The highest BCUT2D eigenvalue weighted by atomic mass is 79.9. The second-order valence-corrected chi connectivity index (χ2v) is 14.8. The summed E-state index contributed by atoms with van der Waals surface area (Å²) < 4.78 is 8.31. The second kappa shape index (κ2) is 14.2. The number of hydrogen-bond acceptors (Lipinski definition) is 6. The van der Waals surface area contributed by atoms with Crippen molar-refractivity contribution in [3.05, 3.63) is 143 Å². The third-order valence-corrected chi connectivity index (χ3v) is 9.80. The highest BCUT2D eigenvalue weighted by Gasteiger charge is 2.42. The van der Waals surface area contributed by atoms with Crippen molar-refractivity contribution in [1.82, 2.24) is 30.0 Å². The molecule has 0 bridgehead atoms. The van der Waals surface area contributed by atoms with E-state index in [9.17, 15) is 4.79 Å². The number of hydrogen-bond donors (Lipinski definition) is 1. The number of pyridine rings is 1. The number of halogens is 1. The van der Waals surface area contributed by atoms with Gasteiger partial charge in [-0.15, -0.1) is 0 Å². The normalized spacial score (nSPS) is 16.6. The fraction of sp³-hybridized carbons (Fsp3) is 0.293. The van der Waals surface area contributed by atoms with Crippen LogP contribution in [-0.4, -0.2) is 42.5 Å². The van der Waals surface area contributed by atoms with Crippen LogP contribution in [0, 0.1) is 5.92 Å². The van der Waals surface area contributed by atoms with Crippen LogP contribution in [0.5, 0.6) is 0 Å². The van der Waals surface area contributed by atoms with Crippen LogP contribution in [0.3, 0.4) is 0 Å².